The Bertz CT molecular complexity index is 1160. The third-order valence-corrected chi connectivity index (χ3v) is 9.13. The summed E-state index contributed by atoms with van der Waals surface area (Å²) in [4.78, 5) is 2.10. The van der Waals surface area contributed by atoms with Gasteiger partial charge in [0, 0.05) is 29.4 Å². The second-order valence-corrected chi connectivity index (χ2v) is 10.3. The average Bonchev–Trinajstić information content (AvgIpc) is 2.79. The number of anilines is 1. The van der Waals surface area contributed by atoms with E-state index in [1.807, 2.05) is 62.4 Å². The first kappa shape index (κ1) is 20.6. The lowest BCUT2D eigenvalue weighted by Crippen LogP contribution is -2.56. The van der Waals surface area contributed by atoms with Gasteiger partial charge in [-0.2, -0.15) is 0 Å². The zero-order valence-electron chi connectivity index (χ0n) is 17.6. The Kier molecular flexibility index (Phi) is 5.40. The molecule has 0 saturated carbocycles. The molecule has 4 rings (SSSR count). The van der Waals surface area contributed by atoms with Crippen molar-refractivity contribution in [3.8, 4) is 17.0 Å². The van der Waals surface area contributed by atoms with Gasteiger partial charge in [-0.1, -0.05) is 38.1 Å². The fraction of sp³-hybridized carbons (Fsp3) is 0.391. The summed E-state index contributed by atoms with van der Waals surface area (Å²) in [6.45, 7) is 4.80. The molecule has 1 aromatic heterocycles. The van der Waals surface area contributed by atoms with Crippen molar-refractivity contribution in [2.24, 2.45) is 0 Å². The molecule has 1 fully saturated rings. The van der Waals surface area contributed by atoms with Gasteiger partial charge in [-0.3, -0.25) is 0 Å². The third kappa shape index (κ3) is 3.31. The number of fused-ring (bicyclic) bond motifs is 1. The van der Waals surface area contributed by atoms with Gasteiger partial charge in [0.1, 0.15) is 11.4 Å². The van der Waals surface area contributed by atoms with E-state index in [9.17, 15) is 8.42 Å². The molecule has 0 spiro atoms. The van der Waals surface area contributed by atoms with Gasteiger partial charge in [-0.05, 0) is 37.1 Å². The first-order valence-electron chi connectivity index (χ1n) is 10.3. The summed E-state index contributed by atoms with van der Waals surface area (Å²) in [6.07, 6.45) is 1.19. The van der Waals surface area contributed by atoms with E-state index in [0.29, 0.717) is 25.9 Å². The summed E-state index contributed by atoms with van der Waals surface area (Å²) < 4.78 is 30.2. The smallest absolute Gasteiger partial charge is 0.159 e. The molecule has 1 saturated heterocycles. The van der Waals surface area contributed by atoms with E-state index in [2.05, 4.69) is 15.1 Å². The largest absolute Gasteiger partial charge is 0.497 e. The highest BCUT2D eigenvalue weighted by Gasteiger charge is 2.45. The normalized spacial score (nSPS) is 17.8. The Balaban J connectivity index is 1.80. The number of hydrogen-bond acceptors (Lipinski definition) is 6. The van der Waals surface area contributed by atoms with Crippen molar-refractivity contribution in [2.75, 3.05) is 30.9 Å². The van der Waals surface area contributed by atoms with Crippen LogP contribution in [0.5, 0.6) is 5.75 Å². The van der Waals surface area contributed by atoms with E-state index < -0.39 is 14.6 Å². The summed E-state index contributed by atoms with van der Waals surface area (Å²) in [5.41, 5.74) is 1.77. The Labute approximate surface area is 177 Å². The van der Waals surface area contributed by atoms with E-state index >= 15 is 0 Å². The van der Waals surface area contributed by atoms with Crippen molar-refractivity contribution in [3.05, 3.63) is 48.5 Å². The maximum atomic E-state index is 12.8. The van der Waals surface area contributed by atoms with Crippen molar-refractivity contribution < 1.29 is 13.2 Å². The van der Waals surface area contributed by atoms with E-state index in [-0.39, 0.29) is 5.75 Å². The van der Waals surface area contributed by atoms with Gasteiger partial charge in [-0.25, -0.2) is 8.42 Å². The summed E-state index contributed by atoms with van der Waals surface area (Å²) >= 11 is 0. The Morgan fingerprint density at radius 3 is 2.30 bits per heavy atom. The molecule has 2 heterocycles. The molecule has 1 aliphatic rings. The highest BCUT2D eigenvalue weighted by atomic mass is 32.2. The van der Waals surface area contributed by atoms with Crippen LogP contribution in [0.4, 0.5) is 5.82 Å². The van der Waals surface area contributed by atoms with E-state index in [4.69, 9.17) is 4.74 Å². The fourth-order valence-corrected chi connectivity index (χ4v) is 6.48. The standard InChI is InChI=1S/C23H27N3O3S/c1-4-23(5-2)16-26(14-15-30(23,27)28)22-20-9-7-6-8-19(20)21(24-25-22)17-10-12-18(29-3)13-11-17/h6-13H,4-5,14-16H2,1-3H3. The number of nitrogens with zero attached hydrogens (tertiary/aromatic N) is 3. The van der Waals surface area contributed by atoms with Crippen LogP contribution < -0.4 is 9.64 Å². The van der Waals surface area contributed by atoms with E-state index in [0.717, 1.165) is 33.6 Å². The predicted molar refractivity (Wildman–Crippen MR) is 121 cm³/mol. The van der Waals surface area contributed by atoms with Gasteiger partial charge in [0.15, 0.2) is 15.7 Å². The quantitative estimate of drug-likeness (QED) is 0.613. The molecular weight excluding hydrogens is 398 g/mol. The number of benzene rings is 2. The molecule has 0 radical (unpaired) electrons. The third-order valence-electron chi connectivity index (χ3n) is 6.39. The maximum Gasteiger partial charge on any atom is 0.159 e. The number of sulfone groups is 1. The fourth-order valence-electron chi connectivity index (χ4n) is 4.35. The summed E-state index contributed by atoms with van der Waals surface area (Å²) in [5.74, 6) is 1.69. The molecule has 0 aliphatic carbocycles. The molecule has 7 heteroatoms. The molecule has 158 valence electrons. The van der Waals surface area contributed by atoms with Crippen LogP contribution in [-0.4, -0.2) is 49.3 Å². The van der Waals surface area contributed by atoms with Crippen LogP contribution in [-0.2, 0) is 9.84 Å². The topological polar surface area (TPSA) is 72.4 Å². The minimum atomic E-state index is -3.14. The molecule has 0 bridgehead atoms. The number of rotatable bonds is 5. The zero-order valence-corrected chi connectivity index (χ0v) is 18.4. The molecule has 1 aliphatic heterocycles. The number of methoxy groups -OCH3 is 1. The highest BCUT2D eigenvalue weighted by molar-refractivity contribution is 7.92. The van der Waals surface area contributed by atoms with E-state index in [1.165, 1.54) is 0 Å². The van der Waals surface area contributed by atoms with Crippen molar-refractivity contribution in [2.45, 2.75) is 31.4 Å². The second kappa shape index (κ2) is 7.87. The monoisotopic (exact) mass is 425 g/mol. The van der Waals surface area contributed by atoms with E-state index in [1.54, 1.807) is 7.11 Å². The highest BCUT2D eigenvalue weighted by Crippen LogP contribution is 2.37. The second-order valence-electron chi connectivity index (χ2n) is 7.78. The van der Waals surface area contributed by atoms with Crippen LogP contribution in [0.3, 0.4) is 0 Å². The summed E-state index contributed by atoms with van der Waals surface area (Å²) in [7, 11) is -1.50. The predicted octanol–water partition coefficient (Wildman–Crippen LogP) is 4.10. The first-order valence-corrected chi connectivity index (χ1v) is 12.0. The zero-order chi connectivity index (χ0) is 21.4. The molecule has 0 unspecified atom stereocenters. The Morgan fingerprint density at radius 1 is 1.00 bits per heavy atom. The molecule has 0 N–H and O–H groups in total. The van der Waals surface area contributed by atoms with Gasteiger partial charge < -0.3 is 9.64 Å². The number of hydrogen-bond donors (Lipinski definition) is 0. The van der Waals surface area contributed by atoms with Crippen molar-refractivity contribution >= 4 is 26.4 Å². The van der Waals surface area contributed by atoms with Crippen LogP contribution in [0, 0.1) is 0 Å². The van der Waals surface area contributed by atoms with Crippen molar-refractivity contribution in [3.63, 3.8) is 0 Å². The average molecular weight is 426 g/mol. The van der Waals surface area contributed by atoms with Crippen LogP contribution in [0.1, 0.15) is 26.7 Å². The van der Waals surface area contributed by atoms with Gasteiger partial charge in [0.2, 0.25) is 0 Å². The van der Waals surface area contributed by atoms with Crippen molar-refractivity contribution in [1.82, 2.24) is 10.2 Å². The Morgan fingerprint density at radius 2 is 1.67 bits per heavy atom. The van der Waals surface area contributed by atoms with Gasteiger partial charge in [0.25, 0.3) is 0 Å². The summed E-state index contributed by atoms with van der Waals surface area (Å²) in [5, 5.41) is 11.1. The van der Waals surface area contributed by atoms with Gasteiger partial charge in [-0.15, -0.1) is 10.2 Å². The van der Waals surface area contributed by atoms with Crippen molar-refractivity contribution in [1.29, 1.82) is 0 Å². The van der Waals surface area contributed by atoms with Gasteiger partial charge in [0.05, 0.1) is 17.6 Å². The first-order chi connectivity index (χ1) is 14.4. The SMILES string of the molecule is CCC1(CC)CN(c2nnc(-c3ccc(OC)cc3)c3ccccc23)CCS1(=O)=O. The maximum absolute atomic E-state index is 12.8. The lowest BCUT2D eigenvalue weighted by molar-refractivity contribution is 0.415. The Hall–Kier alpha value is -2.67. The molecule has 6 nitrogen and oxygen atoms in total. The molecular formula is C23H27N3O3S. The number of aromatic nitrogens is 2. The molecule has 0 atom stereocenters. The van der Waals surface area contributed by atoms with Crippen LogP contribution >= 0.6 is 0 Å². The molecule has 2 aromatic carbocycles. The molecule has 3 aromatic rings. The van der Waals surface area contributed by atoms with Crippen LogP contribution in [0.15, 0.2) is 48.5 Å². The summed E-state index contributed by atoms with van der Waals surface area (Å²) in [6, 6.07) is 15.8. The van der Waals surface area contributed by atoms with Crippen LogP contribution in [0.25, 0.3) is 22.0 Å². The minimum Gasteiger partial charge on any atom is -0.497 e. The lowest BCUT2D eigenvalue weighted by Gasteiger charge is -2.42. The minimum absolute atomic E-state index is 0.144. The molecule has 0 amide bonds. The lowest BCUT2D eigenvalue weighted by atomic mass is 10.00. The molecule has 30 heavy (non-hydrogen) atoms. The van der Waals surface area contributed by atoms with Gasteiger partial charge >= 0.3 is 0 Å². The number of ether oxygens (including phenoxy) is 1. The van der Waals surface area contributed by atoms with Crippen LogP contribution in [0.2, 0.25) is 0 Å².